The monoisotopic (exact) mass is 560 g/mol. The number of hydrogen-bond donors (Lipinski definition) is 1. The maximum Gasteiger partial charge on any atom is 0.262 e. The number of carbonyl (C=O) groups is 1. The average Bonchev–Trinajstić information content (AvgIpc) is 3.46. The van der Waals surface area contributed by atoms with Crippen LogP contribution in [0.5, 0.6) is 17.2 Å². The normalized spacial score (nSPS) is 14.4. The first-order chi connectivity index (χ1) is 19.6. The van der Waals surface area contributed by atoms with Crippen molar-refractivity contribution in [3.63, 3.8) is 0 Å². The zero-order chi connectivity index (χ0) is 27.5. The van der Waals surface area contributed by atoms with Crippen molar-refractivity contribution in [3.05, 3.63) is 76.6 Å². The molecular weight excluding hydrogens is 532 g/mol. The smallest absolute Gasteiger partial charge is 0.262 e. The third kappa shape index (κ3) is 5.56. The lowest BCUT2D eigenvalue weighted by atomic mass is 10.1. The van der Waals surface area contributed by atoms with E-state index in [4.69, 9.17) is 23.9 Å². The van der Waals surface area contributed by atoms with Crippen molar-refractivity contribution in [1.29, 1.82) is 0 Å². The van der Waals surface area contributed by atoms with Crippen LogP contribution in [-0.2, 0) is 16.1 Å². The average molecular weight is 561 g/mol. The van der Waals surface area contributed by atoms with Crippen LogP contribution < -0.4 is 30.0 Å². The van der Waals surface area contributed by atoms with Gasteiger partial charge in [-0.3, -0.25) is 14.2 Å². The zero-order valence-electron chi connectivity index (χ0n) is 21.9. The number of aromatic nitrogens is 2. The fraction of sp³-hybridized carbons (Fsp3) is 0.276. The molecule has 0 unspecified atom stereocenters. The number of ether oxygens (including phenoxy) is 4. The number of hydrogen-bond acceptors (Lipinski definition) is 9. The second kappa shape index (κ2) is 11.5. The summed E-state index contributed by atoms with van der Waals surface area (Å²) in [5.74, 6) is 1.89. The lowest BCUT2D eigenvalue weighted by Gasteiger charge is -2.29. The van der Waals surface area contributed by atoms with E-state index in [9.17, 15) is 9.59 Å². The predicted octanol–water partition coefficient (Wildman–Crippen LogP) is 3.75. The summed E-state index contributed by atoms with van der Waals surface area (Å²) in [4.78, 5) is 33.7. The molecule has 6 rings (SSSR count). The minimum absolute atomic E-state index is 0.0803. The fourth-order valence-corrected chi connectivity index (χ4v) is 5.48. The molecule has 1 saturated heterocycles. The van der Waals surface area contributed by atoms with E-state index >= 15 is 0 Å². The Kier molecular flexibility index (Phi) is 7.47. The van der Waals surface area contributed by atoms with E-state index in [2.05, 4.69) is 10.2 Å². The van der Waals surface area contributed by atoms with Crippen molar-refractivity contribution in [3.8, 4) is 17.2 Å². The third-order valence-corrected chi connectivity index (χ3v) is 7.74. The summed E-state index contributed by atoms with van der Waals surface area (Å²) in [5, 5.41) is 3.86. The highest BCUT2D eigenvalue weighted by Crippen LogP contribution is 2.33. The molecule has 1 aromatic heterocycles. The van der Waals surface area contributed by atoms with Gasteiger partial charge in [0.05, 0.1) is 43.5 Å². The molecule has 2 aliphatic rings. The Morgan fingerprint density at radius 2 is 1.82 bits per heavy atom. The number of amides is 1. The molecule has 0 radical (unpaired) electrons. The van der Waals surface area contributed by atoms with Gasteiger partial charge in [-0.15, -0.1) is 0 Å². The van der Waals surface area contributed by atoms with Crippen molar-refractivity contribution >= 4 is 39.9 Å². The predicted molar refractivity (Wildman–Crippen MR) is 153 cm³/mol. The lowest BCUT2D eigenvalue weighted by molar-refractivity contribution is -0.113. The van der Waals surface area contributed by atoms with Crippen LogP contribution in [0.3, 0.4) is 0 Å². The topological polar surface area (TPSA) is 104 Å². The van der Waals surface area contributed by atoms with Gasteiger partial charge in [-0.1, -0.05) is 17.8 Å². The summed E-state index contributed by atoms with van der Waals surface area (Å²) in [7, 11) is 1.59. The van der Waals surface area contributed by atoms with Crippen molar-refractivity contribution in [2.24, 2.45) is 0 Å². The van der Waals surface area contributed by atoms with Gasteiger partial charge in [0.25, 0.3) is 5.56 Å². The van der Waals surface area contributed by atoms with Gasteiger partial charge in [0, 0.05) is 24.5 Å². The summed E-state index contributed by atoms with van der Waals surface area (Å²) in [6, 6.07) is 18.5. The molecule has 2 aliphatic heterocycles. The van der Waals surface area contributed by atoms with Gasteiger partial charge in [0.2, 0.25) is 12.7 Å². The van der Waals surface area contributed by atoms with Crippen molar-refractivity contribution in [1.82, 2.24) is 9.55 Å². The summed E-state index contributed by atoms with van der Waals surface area (Å²) < 4.78 is 23.2. The molecule has 3 aromatic carbocycles. The first kappa shape index (κ1) is 26.0. The molecule has 0 spiro atoms. The Balaban J connectivity index is 1.30. The van der Waals surface area contributed by atoms with Crippen LogP contribution in [0.2, 0.25) is 0 Å². The number of nitrogens with one attached hydrogen (secondary N) is 1. The molecule has 206 valence electrons. The van der Waals surface area contributed by atoms with E-state index in [-0.39, 0.29) is 30.6 Å². The van der Waals surface area contributed by atoms with E-state index in [1.54, 1.807) is 35.9 Å². The molecule has 4 aromatic rings. The summed E-state index contributed by atoms with van der Waals surface area (Å²) in [6.07, 6.45) is 0. The fourth-order valence-electron chi connectivity index (χ4n) is 4.68. The maximum absolute atomic E-state index is 13.9. The highest BCUT2D eigenvalue weighted by atomic mass is 32.2. The Hall–Kier alpha value is -4.22. The Bertz CT molecular complexity index is 1600. The van der Waals surface area contributed by atoms with E-state index in [0.717, 1.165) is 24.3 Å². The number of morpholine rings is 1. The maximum atomic E-state index is 13.9. The third-order valence-electron chi connectivity index (χ3n) is 6.76. The molecule has 0 atom stereocenters. The molecule has 10 nitrogen and oxygen atoms in total. The molecule has 1 N–H and O–H groups in total. The molecular formula is C29H28N4O6S. The number of methoxy groups -OCH3 is 1. The van der Waals surface area contributed by atoms with Gasteiger partial charge in [-0.05, 0) is 60.2 Å². The van der Waals surface area contributed by atoms with Gasteiger partial charge in [0.15, 0.2) is 16.7 Å². The van der Waals surface area contributed by atoms with Crippen LogP contribution >= 0.6 is 11.8 Å². The van der Waals surface area contributed by atoms with E-state index in [1.165, 1.54) is 11.8 Å². The Morgan fingerprint density at radius 1 is 1.02 bits per heavy atom. The van der Waals surface area contributed by atoms with Gasteiger partial charge in [-0.2, -0.15) is 0 Å². The second-order valence-electron chi connectivity index (χ2n) is 9.34. The Morgan fingerprint density at radius 3 is 2.62 bits per heavy atom. The van der Waals surface area contributed by atoms with Crippen LogP contribution in [0.15, 0.2) is 70.6 Å². The molecule has 0 saturated carbocycles. The number of benzene rings is 3. The second-order valence-corrected chi connectivity index (χ2v) is 10.3. The summed E-state index contributed by atoms with van der Waals surface area (Å²) in [5.41, 5.74) is 2.90. The first-order valence-electron chi connectivity index (χ1n) is 12.9. The number of carbonyl (C=O) groups excluding carboxylic acids is 1. The number of fused-ring (bicyclic) bond motifs is 2. The summed E-state index contributed by atoms with van der Waals surface area (Å²) >= 11 is 1.22. The van der Waals surface area contributed by atoms with Crippen molar-refractivity contribution < 1.29 is 23.7 Å². The van der Waals surface area contributed by atoms with E-state index < -0.39 is 0 Å². The molecule has 40 heavy (non-hydrogen) atoms. The first-order valence-corrected chi connectivity index (χ1v) is 13.9. The molecule has 1 amide bonds. The highest BCUT2D eigenvalue weighted by Gasteiger charge is 2.19. The largest absolute Gasteiger partial charge is 0.497 e. The minimum Gasteiger partial charge on any atom is -0.497 e. The van der Waals surface area contributed by atoms with Gasteiger partial charge >= 0.3 is 0 Å². The van der Waals surface area contributed by atoms with Gasteiger partial charge in [-0.25, -0.2) is 4.98 Å². The van der Waals surface area contributed by atoms with Crippen LogP contribution in [0.4, 0.5) is 11.4 Å². The van der Waals surface area contributed by atoms with Crippen molar-refractivity contribution in [2.75, 3.05) is 56.2 Å². The van der Waals surface area contributed by atoms with E-state index in [1.807, 2.05) is 36.4 Å². The summed E-state index contributed by atoms with van der Waals surface area (Å²) in [6.45, 7) is 3.27. The number of thioether (sulfide) groups is 1. The van der Waals surface area contributed by atoms with Crippen LogP contribution in [0.1, 0.15) is 5.56 Å². The molecule has 0 aliphatic carbocycles. The number of anilines is 2. The van der Waals surface area contributed by atoms with Gasteiger partial charge in [0.1, 0.15) is 5.75 Å². The SMILES string of the molecule is COc1ccc(NC(=O)CSc2nc3ccc(N4CCOCC4)cc3c(=O)n2Cc2ccc3c(c2)OCO3)cc1. The molecule has 1 fully saturated rings. The van der Waals surface area contributed by atoms with Crippen LogP contribution in [0.25, 0.3) is 10.9 Å². The Labute approximate surface area is 234 Å². The number of rotatable bonds is 8. The highest BCUT2D eigenvalue weighted by molar-refractivity contribution is 7.99. The van der Waals surface area contributed by atoms with E-state index in [0.29, 0.717) is 52.2 Å². The quantitative estimate of drug-likeness (QED) is 0.255. The van der Waals surface area contributed by atoms with Crippen molar-refractivity contribution in [2.45, 2.75) is 11.7 Å². The molecule has 11 heteroatoms. The van der Waals surface area contributed by atoms with Crippen LogP contribution in [0, 0.1) is 0 Å². The minimum atomic E-state index is -0.207. The molecule has 3 heterocycles. The standard InChI is InChI=1S/C29H28N4O6S/c1-36-22-6-3-20(4-7-22)30-27(34)17-40-29-31-24-8-5-21(32-10-12-37-13-11-32)15-23(24)28(35)33(29)16-19-2-9-25-26(14-19)39-18-38-25/h2-9,14-15H,10-13,16-18H2,1H3,(H,30,34). The number of nitrogens with zero attached hydrogens (tertiary/aromatic N) is 3. The lowest BCUT2D eigenvalue weighted by Crippen LogP contribution is -2.36. The molecule has 0 bridgehead atoms. The van der Waals surface area contributed by atoms with Gasteiger partial charge < -0.3 is 29.2 Å². The van der Waals surface area contributed by atoms with Crippen LogP contribution in [-0.4, -0.2) is 61.4 Å². The zero-order valence-corrected chi connectivity index (χ0v) is 22.7.